The van der Waals surface area contributed by atoms with Crippen molar-refractivity contribution in [2.75, 3.05) is 5.73 Å². The molecule has 1 heterocycles. The van der Waals surface area contributed by atoms with E-state index >= 15 is 0 Å². The smallest absolute Gasteiger partial charge is 0.0432 e. The SMILES string of the molecule is Cc1cc(-c2cc(N)cc(Cl)c2)cs1. The lowest BCUT2D eigenvalue weighted by Gasteiger charge is -2.00. The van der Waals surface area contributed by atoms with Gasteiger partial charge in [-0.15, -0.1) is 11.3 Å². The molecule has 72 valence electrons. The summed E-state index contributed by atoms with van der Waals surface area (Å²) in [5.74, 6) is 0. The fraction of sp³-hybridized carbons (Fsp3) is 0.0909. The van der Waals surface area contributed by atoms with E-state index < -0.39 is 0 Å². The third-order valence-corrected chi connectivity index (χ3v) is 3.06. The Morgan fingerprint density at radius 3 is 2.50 bits per heavy atom. The lowest BCUT2D eigenvalue weighted by atomic mass is 10.1. The lowest BCUT2D eigenvalue weighted by Crippen LogP contribution is -1.85. The number of thiophene rings is 1. The highest BCUT2D eigenvalue weighted by atomic mass is 35.5. The van der Waals surface area contributed by atoms with Gasteiger partial charge in [0.25, 0.3) is 0 Å². The van der Waals surface area contributed by atoms with Gasteiger partial charge in [-0.2, -0.15) is 0 Å². The number of hydrogen-bond acceptors (Lipinski definition) is 2. The zero-order valence-electron chi connectivity index (χ0n) is 7.75. The molecular formula is C11H10ClNS. The Bertz CT molecular complexity index is 442. The summed E-state index contributed by atoms with van der Waals surface area (Å²) >= 11 is 7.66. The highest BCUT2D eigenvalue weighted by molar-refractivity contribution is 7.10. The van der Waals surface area contributed by atoms with Gasteiger partial charge in [-0.3, -0.25) is 0 Å². The number of anilines is 1. The predicted octanol–water partition coefficient (Wildman–Crippen LogP) is 3.96. The summed E-state index contributed by atoms with van der Waals surface area (Å²) < 4.78 is 0. The molecule has 14 heavy (non-hydrogen) atoms. The van der Waals surface area contributed by atoms with Crippen LogP contribution in [0.25, 0.3) is 11.1 Å². The van der Waals surface area contributed by atoms with E-state index in [1.165, 1.54) is 10.4 Å². The quantitative estimate of drug-likeness (QED) is 0.728. The van der Waals surface area contributed by atoms with Crippen LogP contribution in [0.4, 0.5) is 5.69 Å². The van der Waals surface area contributed by atoms with Gasteiger partial charge >= 0.3 is 0 Å². The first-order valence-corrected chi connectivity index (χ1v) is 5.52. The fourth-order valence-corrected chi connectivity index (χ4v) is 2.33. The molecular weight excluding hydrogens is 214 g/mol. The molecule has 0 saturated heterocycles. The van der Waals surface area contributed by atoms with Crippen LogP contribution in [0.5, 0.6) is 0 Å². The first kappa shape index (κ1) is 9.56. The summed E-state index contributed by atoms with van der Waals surface area (Å²) in [7, 11) is 0. The lowest BCUT2D eigenvalue weighted by molar-refractivity contribution is 1.61. The van der Waals surface area contributed by atoms with Crippen LogP contribution in [0, 0.1) is 6.92 Å². The number of aryl methyl sites for hydroxylation is 1. The minimum Gasteiger partial charge on any atom is -0.399 e. The summed E-state index contributed by atoms with van der Waals surface area (Å²) in [6, 6.07) is 7.76. The van der Waals surface area contributed by atoms with E-state index in [2.05, 4.69) is 18.4 Å². The molecule has 0 aliphatic carbocycles. The summed E-state index contributed by atoms with van der Waals surface area (Å²) in [6.45, 7) is 2.09. The van der Waals surface area contributed by atoms with Crippen LogP contribution < -0.4 is 5.73 Å². The largest absolute Gasteiger partial charge is 0.399 e. The van der Waals surface area contributed by atoms with E-state index in [1.807, 2.05) is 12.1 Å². The van der Waals surface area contributed by atoms with Crippen molar-refractivity contribution in [3.8, 4) is 11.1 Å². The highest BCUT2D eigenvalue weighted by Gasteiger charge is 2.02. The second kappa shape index (κ2) is 3.64. The standard InChI is InChI=1S/C11H10ClNS/c1-7-2-9(6-14-7)8-3-10(12)5-11(13)4-8/h2-6H,13H2,1H3. The van der Waals surface area contributed by atoms with Gasteiger partial charge in [0.2, 0.25) is 0 Å². The molecule has 3 heteroatoms. The van der Waals surface area contributed by atoms with Gasteiger partial charge < -0.3 is 5.73 Å². The third-order valence-electron chi connectivity index (χ3n) is 1.98. The van der Waals surface area contributed by atoms with Crippen molar-refractivity contribution in [3.63, 3.8) is 0 Å². The molecule has 1 aromatic carbocycles. The van der Waals surface area contributed by atoms with Gasteiger partial charge in [0.15, 0.2) is 0 Å². The van der Waals surface area contributed by atoms with E-state index in [9.17, 15) is 0 Å². The number of halogens is 1. The van der Waals surface area contributed by atoms with Crippen LogP contribution in [0.1, 0.15) is 4.88 Å². The Morgan fingerprint density at radius 2 is 1.93 bits per heavy atom. The molecule has 0 unspecified atom stereocenters. The van der Waals surface area contributed by atoms with E-state index in [0.29, 0.717) is 10.7 Å². The van der Waals surface area contributed by atoms with Gasteiger partial charge in [0, 0.05) is 15.6 Å². The molecule has 0 aliphatic heterocycles. The predicted molar refractivity (Wildman–Crippen MR) is 63.9 cm³/mol. The average Bonchev–Trinajstić information content (AvgIpc) is 2.50. The van der Waals surface area contributed by atoms with Crippen LogP contribution in [-0.2, 0) is 0 Å². The van der Waals surface area contributed by atoms with E-state index in [-0.39, 0.29) is 0 Å². The zero-order valence-corrected chi connectivity index (χ0v) is 9.32. The topological polar surface area (TPSA) is 26.0 Å². The summed E-state index contributed by atoms with van der Waals surface area (Å²) in [6.07, 6.45) is 0. The number of benzene rings is 1. The molecule has 0 aliphatic rings. The van der Waals surface area contributed by atoms with Gasteiger partial charge in [0.05, 0.1) is 0 Å². The average molecular weight is 224 g/mol. The molecule has 0 bridgehead atoms. The van der Waals surface area contributed by atoms with Crippen LogP contribution >= 0.6 is 22.9 Å². The summed E-state index contributed by atoms with van der Waals surface area (Å²) in [5.41, 5.74) is 8.69. The Hall–Kier alpha value is -0.990. The van der Waals surface area contributed by atoms with E-state index in [4.69, 9.17) is 17.3 Å². The first-order chi connectivity index (χ1) is 6.65. The molecule has 0 spiro atoms. The maximum absolute atomic E-state index is 5.93. The zero-order chi connectivity index (χ0) is 10.1. The molecule has 1 aromatic heterocycles. The number of hydrogen-bond donors (Lipinski definition) is 1. The van der Waals surface area contributed by atoms with Crippen LogP contribution in [0.3, 0.4) is 0 Å². The molecule has 2 rings (SSSR count). The van der Waals surface area contributed by atoms with Crippen molar-refractivity contribution in [2.45, 2.75) is 6.92 Å². The highest BCUT2D eigenvalue weighted by Crippen LogP contribution is 2.29. The third kappa shape index (κ3) is 1.91. The summed E-state index contributed by atoms with van der Waals surface area (Å²) in [5, 5.41) is 2.80. The van der Waals surface area contributed by atoms with Crippen molar-refractivity contribution < 1.29 is 0 Å². The normalized spacial score (nSPS) is 10.4. The first-order valence-electron chi connectivity index (χ1n) is 4.27. The number of nitrogen functional groups attached to an aromatic ring is 1. The Balaban J connectivity index is 2.51. The minimum absolute atomic E-state index is 0.684. The van der Waals surface area contributed by atoms with Crippen LogP contribution in [0.15, 0.2) is 29.6 Å². The maximum atomic E-state index is 5.93. The second-order valence-corrected chi connectivity index (χ2v) is 4.77. The van der Waals surface area contributed by atoms with Gasteiger partial charge in [-0.05, 0) is 47.7 Å². The van der Waals surface area contributed by atoms with Gasteiger partial charge in [-0.1, -0.05) is 11.6 Å². The van der Waals surface area contributed by atoms with Crippen molar-refractivity contribution in [1.82, 2.24) is 0 Å². The number of rotatable bonds is 1. The summed E-state index contributed by atoms with van der Waals surface area (Å²) in [4.78, 5) is 1.29. The molecule has 2 N–H and O–H groups in total. The van der Waals surface area contributed by atoms with Crippen molar-refractivity contribution in [3.05, 3.63) is 39.5 Å². The van der Waals surface area contributed by atoms with Gasteiger partial charge in [0.1, 0.15) is 0 Å². The molecule has 1 nitrogen and oxygen atoms in total. The van der Waals surface area contributed by atoms with Crippen LogP contribution in [-0.4, -0.2) is 0 Å². The monoisotopic (exact) mass is 223 g/mol. The maximum Gasteiger partial charge on any atom is 0.0432 e. The Kier molecular flexibility index (Phi) is 2.48. The molecule has 0 fully saturated rings. The fourth-order valence-electron chi connectivity index (χ4n) is 1.37. The molecule has 0 atom stereocenters. The van der Waals surface area contributed by atoms with Crippen molar-refractivity contribution in [1.29, 1.82) is 0 Å². The van der Waals surface area contributed by atoms with Crippen LogP contribution in [0.2, 0.25) is 5.02 Å². The van der Waals surface area contributed by atoms with Gasteiger partial charge in [-0.25, -0.2) is 0 Å². The minimum atomic E-state index is 0.684. The Morgan fingerprint density at radius 1 is 1.14 bits per heavy atom. The van der Waals surface area contributed by atoms with E-state index in [0.717, 1.165) is 5.56 Å². The number of nitrogens with two attached hydrogens (primary N) is 1. The van der Waals surface area contributed by atoms with Crippen molar-refractivity contribution in [2.24, 2.45) is 0 Å². The Labute approximate surface area is 92.1 Å². The molecule has 0 radical (unpaired) electrons. The molecule has 0 amide bonds. The van der Waals surface area contributed by atoms with Crippen molar-refractivity contribution >= 4 is 28.6 Å². The molecule has 2 aromatic rings. The second-order valence-electron chi connectivity index (χ2n) is 3.22. The van der Waals surface area contributed by atoms with E-state index in [1.54, 1.807) is 17.4 Å². The molecule has 0 saturated carbocycles.